The highest BCUT2D eigenvalue weighted by Crippen LogP contribution is 2.49. The Morgan fingerprint density at radius 2 is 0.915 bits per heavy atom. The third kappa shape index (κ3) is 6.60. The van der Waals surface area contributed by atoms with Gasteiger partial charge in [0.05, 0.1) is 5.69 Å². The summed E-state index contributed by atoms with van der Waals surface area (Å²) in [6.45, 7) is 30.0. The zero-order chi connectivity index (χ0) is 42.0. The van der Waals surface area contributed by atoms with Crippen molar-refractivity contribution in [2.24, 2.45) is 0 Å². The number of para-hydroxylation sites is 1. The van der Waals surface area contributed by atoms with E-state index in [2.05, 4.69) is 221 Å². The van der Waals surface area contributed by atoms with Crippen molar-refractivity contribution in [1.29, 1.82) is 0 Å². The van der Waals surface area contributed by atoms with E-state index in [0.717, 1.165) is 28.0 Å². The van der Waals surface area contributed by atoms with Crippen molar-refractivity contribution in [2.75, 3.05) is 9.80 Å². The molecule has 3 nitrogen and oxygen atoms in total. The monoisotopic (exact) mass is 774 g/mol. The molecule has 298 valence electrons. The van der Waals surface area contributed by atoms with Gasteiger partial charge >= 0.3 is 0 Å². The van der Waals surface area contributed by atoms with Crippen LogP contribution in [0.1, 0.15) is 111 Å². The van der Waals surface area contributed by atoms with Gasteiger partial charge in [0.1, 0.15) is 11.3 Å². The largest absolute Gasteiger partial charge is 0.456 e. The molecule has 2 aliphatic heterocycles. The first-order valence-corrected chi connectivity index (χ1v) is 21.5. The number of nitrogens with zero attached hydrogens (tertiary/aromatic N) is 2. The molecule has 0 spiro atoms. The zero-order valence-electron chi connectivity index (χ0n) is 37.4. The quantitative estimate of drug-likeness (QED) is 0.167. The summed E-state index contributed by atoms with van der Waals surface area (Å²) in [5.41, 5.74) is 19.7. The maximum Gasteiger partial charge on any atom is 0.252 e. The van der Waals surface area contributed by atoms with Gasteiger partial charge in [-0.05, 0) is 133 Å². The molecule has 0 bridgehead atoms. The van der Waals surface area contributed by atoms with Crippen LogP contribution < -0.4 is 26.2 Å². The molecule has 0 N–H and O–H groups in total. The van der Waals surface area contributed by atoms with Gasteiger partial charge in [0, 0.05) is 39.4 Å². The molecule has 6 aromatic carbocycles. The van der Waals surface area contributed by atoms with Crippen LogP contribution in [0.15, 0.2) is 126 Å². The fourth-order valence-corrected chi connectivity index (χ4v) is 9.23. The second-order valence-electron chi connectivity index (χ2n) is 21.3. The summed E-state index contributed by atoms with van der Waals surface area (Å²) in [7, 11) is 0. The van der Waals surface area contributed by atoms with Crippen molar-refractivity contribution >= 4 is 68.2 Å². The van der Waals surface area contributed by atoms with Crippen LogP contribution in [0.2, 0.25) is 0 Å². The minimum Gasteiger partial charge on any atom is -0.456 e. The maximum atomic E-state index is 6.76. The molecule has 0 radical (unpaired) electrons. The number of rotatable bonds is 3. The van der Waals surface area contributed by atoms with E-state index in [1.165, 1.54) is 72.6 Å². The molecule has 0 saturated heterocycles. The Hall–Kier alpha value is -5.48. The maximum absolute atomic E-state index is 6.76. The van der Waals surface area contributed by atoms with Crippen molar-refractivity contribution in [3.8, 4) is 11.3 Å². The number of furan rings is 1. The molecule has 0 atom stereocenters. The van der Waals surface area contributed by atoms with Crippen LogP contribution in [-0.4, -0.2) is 6.71 Å². The predicted octanol–water partition coefficient (Wildman–Crippen LogP) is 13.7. The molecule has 0 saturated carbocycles. The number of hydrogen-bond donors (Lipinski definition) is 0. The molecule has 0 fully saturated rings. The first kappa shape index (κ1) is 39.0. The molecule has 7 aromatic rings. The highest BCUT2D eigenvalue weighted by Gasteiger charge is 2.45. The fraction of sp³-hybridized carbons (Fsp3) is 0.309. The lowest BCUT2D eigenvalue weighted by Crippen LogP contribution is -2.61. The fourth-order valence-electron chi connectivity index (χ4n) is 9.23. The lowest BCUT2D eigenvalue weighted by molar-refractivity contribution is 0.589. The standard InChI is InChI=1S/C55H59BN2O/c1-34-28-47-51-48(29-34)58(44-25-20-37(53(5,6)7)31-41(44)50-30-35-16-14-15-17-49(35)59-50)46-27-22-39(55(11,12)13)33-43(46)56(51)42-32-38(54(8,9)10)21-26-45(42)57(47)40-23-18-36(19-24-40)52(2,3)4/h14-33H,1-13H3. The van der Waals surface area contributed by atoms with E-state index in [0.29, 0.717) is 0 Å². The summed E-state index contributed by atoms with van der Waals surface area (Å²) in [6.07, 6.45) is 0. The minimum atomic E-state index is -0.0498. The van der Waals surface area contributed by atoms with E-state index in [1.807, 2.05) is 0 Å². The van der Waals surface area contributed by atoms with Gasteiger partial charge in [-0.2, -0.15) is 0 Å². The van der Waals surface area contributed by atoms with Crippen molar-refractivity contribution in [2.45, 2.75) is 112 Å². The topological polar surface area (TPSA) is 19.6 Å². The third-order valence-electron chi connectivity index (χ3n) is 12.7. The summed E-state index contributed by atoms with van der Waals surface area (Å²) in [5, 5.41) is 1.11. The molecule has 0 aliphatic carbocycles. The van der Waals surface area contributed by atoms with E-state index in [4.69, 9.17) is 4.42 Å². The Morgan fingerprint density at radius 1 is 0.441 bits per heavy atom. The number of benzene rings is 6. The highest BCUT2D eigenvalue weighted by molar-refractivity contribution is 7.00. The first-order valence-electron chi connectivity index (χ1n) is 21.5. The van der Waals surface area contributed by atoms with E-state index in [-0.39, 0.29) is 28.4 Å². The van der Waals surface area contributed by atoms with Crippen LogP contribution in [0.3, 0.4) is 0 Å². The second-order valence-corrected chi connectivity index (χ2v) is 21.3. The Kier molecular flexibility index (Phi) is 8.77. The smallest absolute Gasteiger partial charge is 0.252 e. The molecule has 9 rings (SSSR count). The van der Waals surface area contributed by atoms with E-state index in [9.17, 15) is 0 Å². The van der Waals surface area contributed by atoms with Gasteiger partial charge in [0.15, 0.2) is 0 Å². The van der Waals surface area contributed by atoms with Crippen molar-refractivity contribution in [3.63, 3.8) is 0 Å². The highest BCUT2D eigenvalue weighted by atomic mass is 16.3. The van der Waals surface area contributed by atoms with E-state index in [1.54, 1.807) is 0 Å². The van der Waals surface area contributed by atoms with Crippen LogP contribution >= 0.6 is 0 Å². The van der Waals surface area contributed by atoms with Gasteiger partial charge in [0.25, 0.3) is 6.71 Å². The van der Waals surface area contributed by atoms with Gasteiger partial charge in [-0.15, -0.1) is 0 Å². The van der Waals surface area contributed by atoms with Crippen molar-refractivity contribution in [1.82, 2.24) is 0 Å². The van der Waals surface area contributed by atoms with Gasteiger partial charge in [-0.25, -0.2) is 0 Å². The molecule has 0 unspecified atom stereocenters. The molecule has 2 aliphatic rings. The van der Waals surface area contributed by atoms with Crippen LogP contribution in [0.25, 0.3) is 22.3 Å². The van der Waals surface area contributed by atoms with Gasteiger partial charge < -0.3 is 14.2 Å². The number of aryl methyl sites for hydroxylation is 1. The normalized spacial score (nSPS) is 14.1. The van der Waals surface area contributed by atoms with Crippen LogP contribution in [0.4, 0.5) is 34.1 Å². The summed E-state index contributed by atoms with van der Waals surface area (Å²) < 4.78 is 6.76. The van der Waals surface area contributed by atoms with E-state index < -0.39 is 0 Å². The van der Waals surface area contributed by atoms with Crippen molar-refractivity contribution in [3.05, 3.63) is 149 Å². The van der Waals surface area contributed by atoms with Gasteiger partial charge in [-0.3, -0.25) is 0 Å². The average Bonchev–Trinajstić information content (AvgIpc) is 3.60. The number of anilines is 6. The molecule has 1 aromatic heterocycles. The lowest BCUT2D eigenvalue weighted by Gasteiger charge is -2.45. The minimum absolute atomic E-state index is 0.0162. The Morgan fingerprint density at radius 3 is 1.46 bits per heavy atom. The van der Waals surface area contributed by atoms with E-state index >= 15 is 0 Å². The van der Waals surface area contributed by atoms with Crippen molar-refractivity contribution < 1.29 is 4.42 Å². The number of fused-ring (bicyclic) bond motifs is 5. The zero-order valence-corrected chi connectivity index (χ0v) is 37.4. The molecule has 4 heteroatoms. The summed E-state index contributed by atoms with van der Waals surface area (Å²) in [5.74, 6) is 0.879. The SMILES string of the molecule is Cc1cc2c3c(c1)N(c1ccc(C(C)(C)C)cc1-c1cc4ccccc4o1)c1ccc(C(C)(C)C)cc1B3c1cc(C(C)(C)C)ccc1N2c1ccc(C(C)(C)C)cc1. The first-order chi connectivity index (χ1) is 27.7. The summed E-state index contributed by atoms with van der Waals surface area (Å²) in [4.78, 5) is 5.09. The molecule has 0 amide bonds. The van der Waals surface area contributed by atoms with Crippen LogP contribution in [-0.2, 0) is 21.7 Å². The van der Waals surface area contributed by atoms with Gasteiger partial charge in [0.2, 0.25) is 0 Å². The predicted molar refractivity (Wildman–Crippen MR) is 255 cm³/mol. The molecule has 3 heterocycles. The van der Waals surface area contributed by atoms with Gasteiger partial charge in [-0.1, -0.05) is 144 Å². The van der Waals surface area contributed by atoms with Crippen LogP contribution in [0, 0.1) is 6.92 Å². The molecule has 59 heavy (non-hydrogen) atoms. The Labute approximate surface area is 353 Å². The number of hydrogen-bond acceptors (Lipinski definition) is 3. The second kappa shape index (κ2) is 13.3. The summed E-state index contributed by atoms with van der Waals surface area (Å²) in [6, 6.07) is 46.3. The summed E-state index contributed by atoms with van der Waals surface area (Å²) >= 11 is 0. The average molecular weight is 775 g/mol. The Balaban J connectivity index is 1.39. The third-order valence-corrected chi connectivity index (χ3v) is 12.7. The van der Waals surface area contributed by atoms with Crippen LogP contribution in [0.5, 0.6) is 0 Å². The Bertz CT molecular complexity index is 2740. The molecular weight excluding hydrogens is 715 g/mol. The lowest BCUT2D eigenvalue weighted by atomic mass is 9.33. The molecular formula is C55H59BN2O.